The van der Waals surface area contributed by atoms with Gasteiger partial charge in [0.2, 0.25) is 5.88 Å². The summed E-state index contributed by atoms with van der Waals surface area (Å²) in [5, 5.41) is 8.99. The Morgan fingerprint density at radius 1 is 1.60 bits per heavy atom. The average Bonchev–Trinajstić information content (AvgIpc) is 2.55. The molecule has 0 aliphatic carbocycles. The lowest BCUT2D eigenvalue weighted by Crippen LogP contribution is -2.09. The zero-order valence-electron chi connectivity index (χ0n) is 9.45. The molecule has 4 nitrogen and oxygen atoms in total. The van der Waals surface area contributed by atoms with E-state index in [-0.39, 0.29) is 6.04 Å². The molecule has 0 spiro atoms. The van der Waals surface area contributed by atoms with Crippen molar-refractivity contribution in [2.24, 2.45) is 0 Å². The van der Waals surface area contributed by atoms with E-state index in [0.717, 1.165) is 6.42 Å². The fourth-order valence-corrected chi connectivity index (χ4v) is 1.52. The molecule has 15 heavy (non-hydrogen) atoms. The quantitative estimate of drug-likeness (QED) is 0.824. The van der Waals surface area contributed by atoms with Crippen molar-refractivity contribution in [1.29, 1.82) is 5.26 Å². The number of aromatic nitrogens is 1. The molecule has 0 aliphatic rings. The number of hydrogen-bond acceptors (Lipinski definition) is 3. The molecule has 0 saturated carbocycles. The van der Waals surface area contributed by atoms with Crippen molar-refractivity contribution in [3.05, 3.63) is 11.8 Å². The van der Waals surface area contributed by atoms with E-state index in [4.69, 9.17) is 15.7 Å². The van der Waals surface area contributed by atoms with Crippen LogP contribution in [0.4, 0.5) is 5.69 Å². The van der Waals surface area contributed by atoms with Gasteiger partial charge in [0.25, 0.3) is 0 Å². The minimum atomic E-state index is 0.221. The van der Waals surface area contributed by atoms with E-state index >= 15 is 0 Å². The second-order valence-corrected chi connectivity index (χ2v) is 3.46. The predicted molar refractivity (Wildman–Crippen MR) is 59.7 cm³/mol. The van der Waals surface area contributed by atoms with Gasteiger partial charge >= 0.3 is 0 Å². The third kappa shape index (κ3) is 2.07. The van der Waals surface area contributed by atoms with Crippen LogP contribution in [0.15, 0.2) is 6.07 Å². The summed E-state index contributed by atoms with van der Waals surface area (Å²) < 4.78 is 7.32. The van der Waals surface area contributed by atoms with Crippen LogP contribution in [0.25, 0.3) is 0 Å². The highest BCUT2D eigenvalue weighted by Crippen LogP contribution is 2.31. The molecule has 0 amide bonds. The van der Waals surface area contributed by atoms with Gasteiger partial charge in [-0.2, -0.15) is 5.26 Å². The first-order chi connectivity index (χ1) is 7.15. The zero-order valence-corrected chi connectivity index (χ0v) is 9.45. The number of nitrogen functional groups attached to an aromatic ring is 1. The molecule has 1 aromatic rings. The third-order valence-corrected chi connectivity index (χ3v) is 2.44. The van der Waals surface area contributed by atoms with Crippen LogP contribution < -0.4 is 10.5 Å². The Bertz CT molecular complexity index is 376. The molecule has 1 heterocycles. The maximum absolute atomic E-state index is 8.99. The maximum Gasteiger partial charge on any atom is 0.218 e. The van der Waals surface area contributed by atoms with Gasteiger partial charge in [0, 0.05) is 12.1 Å². The van der Waals surface area contributed by atoms with E-state index < -0.39 is 0 Å². The van der Waals surface area contributed by atoms with Crippen LogP contribution in [-0.2, 0) is 0 Å². The summed E-state index contributed by atoms with van der Waals surface area (Å²) in [6, 6.07) is 4.02. The first kappa shape index (κ1) is 11.4. The summed E-state index contributed by atoms with van der Waals surface area (Å²) in [6.07, 6.45) is 0.933. The number of nitriles is 1. The van der Waals surface area contributed by atoms with Gasteiger partial charge in [-0.3, -0.25) is 4.57 Å². The van der Waals surface area contributed by atoms with Crippen LogP contribution in [0.2, 0.25) is 0 Å². The molecular weight excluding hydrogens is 190 g/mol. The van der Waals surface area contributed by atoms with Crippen LogP contribution >= 0.6 is 0 Å². The molecule has 1 atom stereocenters. The van der Waals surface area contributed by atoms with Crippen molar-refractivity contribution < 1.29 is 4.74 Å². The van der Waals surface area contributed by atoms with Gasteiger partial charge in [0.1, 0.15) is 11.8 Å². The molecule has 82 valence electrons. The number of nitrogens with two attached hydrogens (primary N) is 1. The number of hydrogen-bond donors (Lipinski definition) is 1. The van der Waals surface area contributed by atoms with Gasteiger partial charge in [0.15, 0.2) is 0 Å². The van der Waals surface area contributed by atoms with E-state index in [0.29, 0.717) is 23.9 Å². The molecule has 0 fully saturated rings. The van der Waals surface area contributed by atoms with Crippen molar-refractivity contribution in [1.82, 2.24) is 4.57 Å². The molecule has 0 bridgehead atoms. The highest BCUT2D eigenvalue weighted by molar-refractivity contribution is 5.55. The van der Waals surface area contributed by atoms with Crippen LogP contribution in [-0.4, -0.2) is 11.2 Å². The molecule has 4 heteroatoms. The van der Waals surface area contributed by atoms with E-state index in [2.05, 4.69) is 13.0 Å². The van der Waals surface area contributed by atoms with Crippen molar-refractivity contribution >= 4 is 5.69 Å². The largest absolute Gasteiger partial charge is 0.478 e. The molecule has 0 radical (unpaired) electrons. The average molecular weight is 207 g/mol. The first-order valence-corrected chi connectivity index (χ1v) is 5.19. The summed E-state index contributed by atoms with van der Waals surface area (Å²) in [4.78, 5) is 0. The Labute approximate surface area is 90.3 Å². The molecule has 0 aliphatic heterocycles. The smallest absolute Gasteiger partial charge is 0.218 e. The first-order valence-electron chi connectivity index (χ1n) is 5.19. The van der Waals surface area contributed by atoms with Gasteiger partial charge in [-0.25, -0.2) is 0 Å². The lowest BCUT2D eigenvalue weighted by Gasteiger charge is -2.16. The molecule has 1 aromatic heterocycles. The van der Waals surface area contributed by atoms with E-state index in [1.54, 1.807) is 6.07 Å². The normalized spacial score (nSPS) is 12.1. The Kier molecular flexibility index (Phi) is 3.62. The monoisotopic (exact) mass is 207 g/mol. The van der Waals surface area contributed by atoms with Crippen LogP contribution in [0.3, 0.4) is 0 Å². The second kappa shape index (κ2) is 4.74. The third-order valence-electron chi connectivity index (χ3n) is 2.44. The van der Waals surface area contributed by atoms with E-state index in [1.807, 2.05) is 18.4 Å². The predicted octanol–water partition coefficient (Wildman–Crippen LogP) is 2.31. The van der Waals surface area contributed by atoms with Gasteiger partial charge in [-0.1, -0.05) is 6.92 Å². The highest BCUT2D eigenvalue weighted by atomic mass is 16.5. The van der Waals surface area contributed by atoms with Crippen molar-refractivity contribution in [3.8, 4) is 11.9 Å². The molecule has 0 unspecified atom stereocenters. The molecule has 1 rings (SSSR count). The topological polar surface area (TPSA) is 64.0 Å². The fourth-order valence-electron chi connectivity index (χ4n) is 1.52. The highest BCUT2D eigenvalue weighted by Gasteiger charge is 2.17. The van der Waals surface area contributed by atoms with E-state index in [9.17, 15) is 0 Å². The van der Waals surface area contributed by atoms with Gasteiger partial charge in [0.05, 0.1) is 12.3 Å². The minimum Gasteiger partial charge on any atom is -0.478 e. The summed E-state index contributed by atoms with van der Waals surface area (Å²) in [7, 11) is 0. The Morgan fingerprint density at radius 2 is 2.27 bits per heavy atom. The molecule has 2 N–H and O–H groups in total. The zero-order chi connectivity index (χ0) is 11.4. The number of rotatable bonds is 4. The van der Waals surface area contributed by atoms with Gasteiger partial charge < -0.3 is 10.5 Å². The van der Waals surface area contributed by atoms with Gasteiger partial charge in [-0.05, 0) is 20.3 Å². The molecule has 0 aromatic carbocycles. The molecular formula is C11H17N3O. The summed E-state index contributed by atoms with van der Waals surface area (Å²) >= 11 is 0. The summed E-state index contributed by atoms with van der Waals surface area (Å²) in [5.41, 5.74) is 6.90. The Balaban J connectivity index is 3.24. The van der Waals surface area contributed by atoms with Crippen LogP contribution in [0, 0.1) is 11.3 Å². The summed E-state index contributed by atoms with van der Waals surface area (Å²) in [6.45, 7) is 6.56. The van der Waals surface area contributed by atoms with Gasteiger partial charge in [-0.15, -0.1) is 0 Å². The van der Waals surface area contributed by atoms with Crippen LogP contribution in [0.5, 0.6) is 5.88 Å². The fraction of sp³-hybridized carbons (Fsp3) is 0.545. The van der Waals surface area contributed by atoms with Crippen molar-refractivity contribution in [2.75, 3.05) is 12.3 Å². The summed E-state index contributed by atoms with van der Waals surface area (Å²) in [5.74, 6) is 0.614. The lowest BCUT2D eigenvalue weighted by molar-refractivity contribution is 0.299. The van der Waals surface area contributed by atoms with Crippen LogP contribution in [0.1, 0.15) is 38.9 Å². The number of nitrogens with zero attached hydrogens (tertiary/aromatic N) is 2. The van der Waals surface area contributed by atoms with Crippen molar-refractivity contribution in [2.45, 2.75) is 33.2 Å². The van der Waals surface area contributed by atoms with Crippen molar-refractivity contribution in [3.63, 3.8) is 0 Å². The number of anilines is 1. The Hall–Kier alpha value is -1.63. The second-order valence-electron chi connectivity index (χ2n) is 3.46. The standard InChI is InChI=1S/C11H17N3O/c1-4-8(3)14-9(7-12)6-10(13)11(14)15-5-2/h6,8H,4-5,13H2,1-3H3/t8-/m0/s1. The molecule has 0 saturated heterocycles. The lowest BCUT2D eigenvalue weighted by atomic mass is 10.2. The minimum absolute atomic E-state index is 0.221. The number of ether oxygens (including phenoxy) is 1. The SMILES string of the molecule is CCOc1c(N)cc(C#N)n1[C@@H](C)CC. The maximum atomic E-state index is 8.99. The Morgan fingerprint density at radius 3 is 2.73 bits per heavy atom. The van der Waals surface area contributed by atoms with E-state index in [1.165, 1.54) is 0 Å².